The van der Waals surface area contributed by atoms with E-state index in [0.29, 0.717) is 13.1 Å². The lowest BCUT2D eigenvalue weighted by atomic mass is 10.1. The maximum atomic E-state index is 10.5. The molecular formula is C18H25ClN2O2. The highest BCUT2D eigenvalue weighted by Gasteiger charge is 2.21. The predicted octanol–water partition coefficient (Wildman–Crippen LogP) is 2.73. The number of halogens is 1. The van der Waals surface area contributed by atoms with Crippen LogP contribution in [0.15, 0.2) is 18.2 Å². The number of aromatic nitrogens is 1. The minimum atomic E-state index is -0.449. The first-order valence-corrected chi connectivity index (χ1v) is 8.67. The average molecular weight is 337 g/mol. The maximum absolute atomic E-state index is 10.5. The van der Waals surface area contributed by atoms with Crippen molar-refractivity contribution in [2.45, 2.75) is 45.4 Å². The minimum Gasteiger partial charge on any atom is -0.393 e. The number of aliphatic hydroxyl groups is 2. The molecule has 2 heterocycles. The van der Waals surface area contributed by atoms with E-state index < -0.39 is 6.10 Å². The Morgan fingerprint density at radius 1 is 1.22 bits per heavy atom. The van der Waals surface area contributed by atoms with Gasteiger partial charge in [-0.2, -0.15) is 0 Å². The highest BCUT2D eigenvalue weighted by molar-refractivity contribution is 6.35. The van der Waals surface area contributed by atoms with Crippen molar-refractivity contribution >= 4 is 22.5 Å². The molecular weight excluding hydrogens is 312 g/mol. The van der Waals surface area contributed by atoms with Gasteiger partial charge < -0.3 is 19.7 Å². The molecule has 1 atom stereocenters. The number of hydrogen-bond donors (Lipinski definition) is 2. The van der Waals surface area contributed by atoms with E-state index in [1.165, 1.54) is 5.56 Å². The summed E-state index contributed by atoms with van der Waals surface area (Å²) in [5.74, 6) is 0. The highest BCUT2D eigenvalue weighted by atomic mass is 35.5. The van der Waals surface area contributed by atoms with Gasteiger partial charge in [0.2, 0.25) is 0 Å². The number of piperidine rings is 1. The van der Waals surface area contributed by atoms with Gasteiger partial charge in [0.1, 0.15) is 0 Å². The Morgan fingerprint density at radius 3 is 2.61 bits per heavy atom. The van der Waals surface area contributed by atoms with Gasteiger partial charge in [-0.1, -0.05) is 23.7 Å². The number of aryl methyl sites for hydroxylation is 1. The van der Waals surface area contributed by atoms with Gasteiger partial charge in [0, 0.05) is 30.7 Å². The van der Waals surface area contributed by atoms with Crippen LogP contribution in [0.5, 0.6) is 0 Å². The largest absolute Gasteiger partial charge is 0.393 e. The van der Waals surface area contributed by atoms with Crippen LogP contribution in [0, 0.1) is 13.8 Å². The smallest absolute Gasteiger partial charge is 0.0845 e. The average Bonchev–Trinajstić information content (AvgIpc) is 2.76. The molecule has 0 bridgehead atoms. The lowest BCUT2D eigenvalue weighted by Crippen LogP contribution is -2.41. The van der Waals surface area contributed by atoms with Crippen molar-refractivity contribution in [3.63, 3.8) is 0 Å². The minimum absolute atomic E-state index is 0.180. The zero-order valence-corrected chi connectivity index (χ0v) is 14.6. The summed E-state index contributed by atoms with van der Waals surface area (Å²) in [6.45, 7) is 7.06. The summed E-state index contributed by atoms with van der Waals surface area (Å²) in [4.78, 5) is 2.23. The van der Waals surface area contributed by atoms with E-state index in [9.17, 15) is 10.2 Å². The number of likely N-dealkylation sites (tertiary alicyclic amines) is 1. The Morgan fingerprint density at radius 2 is 1.91 bits per heavy atom. The van der Waals surface area contributed by atoms with Gasteiger partial charge in [0.05, 0.1) is 29.3 Å². The van der Waals surface area contributed by atoms with E-state index >= 15 is 0 Å². The van der Waals surface area contributed by atoms with Gasteiger partial charge >= 0.3 is 0 Å². The fraction of sp³-hybridized carbons (Fsp3) is 0.556. The van der Waals surface area contributed by atoms with E-state index in [0.717, 1.165) is 47.6 Å². The van der Waals surface area contributed by atoms with Gasteiger partial charge in [-0.15, -0.1) is 0 Å². The molecule has 1 aliphatic heterocycles. The molecule has 1 aromatic carbocycles. The lowest BCUT2D eigenvalue weighted by molar-refractivity contribution is 0.0461. The van der Waals surface area contributed by atoms with Crippen LogP contribution in [0.1, 0.15) is 24.1 Å². The summed E-state index contributed by atoms with van der Waals surface area (Å²) >= 11 is 6.40. The molecule has 0 radical (unpaired) electrons. The summed E-state index contributed by atoms with van der Waals surface area (Å²) in [6.07, 6.45) is 0.961. The standard InChI is InChI=1S/C18H25ClN2O2/c1-12-13(2)21(18-16(12)4-3-5-17(18)19)11-15(23)10-20-8-6-14(22)7-9-20/h3-5,14-15,22-23H,6-11H2,1-2H3/t15-/m1/s1. The van der Waals surface area contributed by atoms with Crippen molar-refractivity contribution in [1.82, 2.24) is 9.47 Å². The molecule has 23 heavy (non-hydrogen) atoms. The molecule has 2 aromatic rings. The zero-order chi connectivity index (χ0) is 16.6. The molecule has 0 amide bonds. The molecule has 1 saturated heterocycles. The Labute approximate surface area is 142 Å². The predicted molar refractivity (Wildman–Crippen MR) is 94.1 cm³/mol. The van der Waals surface area contributed by atoms with Gasteiger partial charge in [-0.3, -0.25) is 0 Å². The van der Waals surface area contributed by atoms with Gasteiger partial charge in [-0.05, 0) is 38.3 Å². The molecule has 0 aliphatic carbocycles. The second kappa shape index (κ2) is 6.81. The molecule has 5 heteroatoms. The summed E-state index contributed by atoms with van der Waals surface area (Å²) < 4.78 is 2.14. The SMILES string of the molecule is Cc1c(C)n(C[C@H](O)CN2CCC(O)CC2)c2c(Cl)cccc12. The molecule has 0 spiro atoms. The van der Waals surface area contributed by atoms with Crippen LogP contribution in [0.25, 0.3) is 10.9 Å². The summed E-state index contributed by atoms with van der Waals surface area (Å²) in [5, 5.41) is 22.0. The number of rotatable bonds is 4. The van der Waals surface area contributed by atoms with Gasteiger partial charge in [0.25, 0.3) is 0 Å². The number of para-hydroxylation sites is 1. The van der Waals surface area contributed by atoms with Crippen LogP contribution < -0.4 is 0 Å². The first-order chi connectivity index (χ1) is 11.0. The van der Waals surface area contributed by atoms with Crippen LogP contribution in [0.2, 0.25) is 5.02 Å². The molecule has 126 valence electrons. The molecule has 2 N–H and O–H groups in total. The van der Waals surface area contributed by atoms with E-state index in [2.05, 4.69) is 29.4 Å². The number of aliphatic hydroxyl groups excluding tert-OH is 2. The van der Waals surface area contributed by atoms with Crippen molar-refractivity contribution < 1.29 is 10.2 Å². The van der Waals surface area contributed by atoms with Crippen molar-refractivity contribution in [3.8, 4) is 0 Å². The Bertz CT molecular complexity index is 690. The fourth-order valence-corrected chi connectivity index (χ4v) is 3.83. The third-order valence-electron chi connectivity index (χ3n) is 5.03. The second-order valence-corrected chi connectivity index (χ2v) is 7.05. The lowest BCUT2D eigenvalue weighted by Gasteiger charge is -2.31. The van der Waals surface area contributed by atoms with Gasteiger partial charge in [-0.25, -0.2) is 0 Å². The number of hydrogen-bond acceptors (Lipinski definition) is 3. The third-order valence-corrected chi connectivity index (χ3v) is 5.33. The normalized spacial score (nSPS) is 18.7. The Kier molecular flexibility index (Phi) is 4.97. The number of nitrogens with zero attached hydrogens (tertiary/aromatic N) is 2. The monoisotopic (exact) mass is 336 g/mol. The second-order valence-electron chi connectivity index (χ2n) is 6.64. The van der Waals surface area contributed by atoms with Gasteiger partial charge in [0.15, 0.2) is 0 Å². The topological polar surface area (TPSA) is 48.6 Å². The molecule has 4 nitrogen and oxygen atoms in total. The van der Waals surface area contributed by atoms with Crippen LogP contribution in [-0.2, 0) is 6.54 Å². The molecule has 0 saturated carbocycles. The first-order valence-electron chi connectivity index (χ1n) is 8.29. The number of β-amino-alcohol motifs (C(OH)–C–C–N with tert-alkyl or cyclic N) is 1. The van der Waals surface area contributed by atoms with Crippen LogP contribution in [0.3, 0.4) is 0 Å². The zero-order valence-electron chi connectivity index (χ0n) is 13.8. The van der Waals surface area contributed by atoms with E-state index in [1.54, 1.807) is 0 Å². The number of fused-ring (bicyclic) bond motifs is 1. The molecule has 1 fully saturated rings. The highest BCUT2D eigenvalue weighted by Crippen LogP contribution is 2.31. The summed E-state index contributed by atoms with van der Waals surface area (Å²) in [5.41, 5.74) is 3.38. The van der Waals surface area contributed by atoms with Crippen molar-refractivity contribution in [3.05, 3.63) is 34.5 Å². The Balaban J connectivity index is 1.77. The molecule has 0 unspecified atom stereocenters. The first kappa shape index (κ1) is 16.8. The third kappa shape index (κ3) is 3.41. The quantitative estimate of drug-likeness (QED) is 0.902. The van der Waals surface area contributed by atoms with Crippen LogP contribution in [-0.4, -0.2) is 51.5 Å². The summed E-state index contributed by atoms with van der Waals surface area (Å²) in [7, 11) is 0. The van der Waals surface area contributed by atoms with E-state index in [1.807, 2.05) is 12.1 Å². The van der Waals surface area contributed by atoms with Crippen molar-refractivity contribution in [2.24, 2.45) is 0 Å². The molecule has 1 aromatic heterocycles. The fourth-order valence-electron chi connectivity index (χ4n) is 3.55. The van der Waals surface area contributed by atoms with E-state index in [4.69, 9.17) is 11.6 Å². The summed E-state index contributed by atoms with van der Waals surface area (Å²) in [6, 6.07) is 5.95. The van der Waals surface area contributed by atoms with E-state index in [-0.39, 0.29) is 6.10 Å². The maximum Gasteiger partial charge on any atom is 0.0845 e. The van der Waals surface area contributed by atoms with Crippen molar-refractivity contribution in [2.75, 3.05) is 19.6 Å². The molecule has 1 aliphatic rings. The Hall–Kier alpha value is -1.07. The van der Waals surface area contributed by atoms with Crippen LogP contribution >= 0.6 is 11.6 Å². The van der Waals surface area contributed by atoms with Crippen LogP contribution in [0.4, 0.5) is 0 Å². The number of benzene rings is 1. The molecule has 3 rings (SSSR count). The van der Waals surface area contributed by atoms with Crippen molar-refractivity contribution in [1.29, 1.82) is 0 Å².